The lowest BCUT2D eigenvalue weighted by molar-refractivity contribution is 0.0852. The van der Waals surface area contributed by atoms with Crippen LogP contribution in [0, 0.1) is 0 Å². The van der Waals surface area contributed by atoms with Crippen molar-refractivity contribution in [3.8, 4) is 11.3 Å². The molecule has 0 aliphatic heterocycles. The SMILES string of the molecule is C=CC(OCCCNc1c(-c2c(Cl)cccc2Cl)noc1C1CC1)c1ccc(C(N)=O)cc1. The number of carbonyl (C=O) groups is 1. The zero-order chi connectivity index (χ0) is 23.4. The normalized spacial score (nSPS) is 14.1. The Kier molecular flexibility index (Phi) is 7.38. The Morgan fingerprint density at radius 2 is 1.94 bits per heavy atom. The van der Waals surface area contributed by atoms with Gasteiger partial charge in [-0.25, -0.2) is 0 Å². The molecule has 6 nitrogen and oxygen atoms in total. The molecule has 0 bridgehead atoms. The van der Waals surface area contributed by atoms with E-state index in [-0.39, 0.29) is 6.10 Å². The maximum Gasteiger partial charge on any atom is 0.248 e. The molecule has 1 amide bonds. The van der Waals surface area contributed by atoms with Crippen LogP contribution in [0.5, 0.6) is 0 Å². The number of primary amides is 1. The summed E-state index contributed by atoms with van der Waals surface area (Å²) in [5, 5.41) is 8.80. The van der Waals surface area contributed by atoms with Gasteiger partial charge in [0.05, 0.1) is 10.0 Å². The number of halogens is 2. The predicted octanol–water partition coefficient (Wildman–Crippen LogP) is 6.37. The zero-order valence-electron chi connectivity index (χ0n) is 18.0. The number of amides is 1. The minimum absolute atomic E-state index is 0.276. The molecule has 0 saturated heterocycles. The third-order valence-corrected chi connectivity index (χ3v) is 6.15. The standard InChI is InChI=1S/C25H25Cl2N3O3/c1-2-20(15-7-11-17(12-8-15)25(28)31)32-14-4-13-29-23-22(30-33-24(23)16-9-10-16)21-18(26)5-3-6-19(21)27/h2-3,5-8,11-12,16,20,29H,1,4,9-10,13-14H2,(H2,28,31). The molecule has 1 unspecified atom stereocenters. The van der Waals surface area contributed by atoms with Gasteiger partial charge in [-0.1, -0.05) is 52.6 Å². The monoisotopic (exact) mass is 485 g/mol. The number of anilines is 1. The van der Waals surface area contributed by atoms with Crippen molar-refractivity contribution in [1.82, 2.24) is 5.16 Å². The number of benzene rings is 2. The number of ether oxygens (including phenoxy) is 1. The molecule has 1 heterocycles. The van der Waals surface area contributed by atoms with Crippen LogP contribution in [0.3, 0.4) is 0 Å². The Labute approximate surface area is 202 Å². The first kappa shape index (κ1) is 23.4. The van der Waals surface area contributed by atoms with E-state index in [4.69, 9.17) is 38.2 Å². The molecule has 1 aromatic heterocycles. The molecular formula is C25H25Cl2N3O3. The second-order valence-corrected chi connectivity index (χ2v) is 8.75. The van der Waals surface area contributed by atoms with Gasteiger partial charge >= 0.3 is 0 Å². The van der Waals surface area contributed by atoms with Crippen LogP contribution < -0.4 is 11.1 Å². The molecule has 3 N–H and O–H groups in total. The van der Waals surface area contributed by atoms with Crippen molar-refractivity contribution in [3.05, 3.63) is 82.1 Å². The van der Waals surface area contributed by atoms with Gasteiger partial charge in [-0.05, 0) is 49.1 Å². The molecule has 3 aromatic rings. The van der Waals surface area contributed by atoms with Crippen molar-refractivity contribution >= 4 is 34.8 Å². The second kappa shape index (κ2) is 10.4. The van der Waals surface area contributed by atoms with Gasteiger partial charge in [-0.2, -0.15) is 0 Å². The highest BCUT2D eigenvalue weighted by molar-refractivity contribution is 6.39. The van der Waals surface area contributed by atoms with Gasteiger partial charge in [0.25, 0.3) is 0 Å². The van der Waals surface area contributed by atoms with E-state index in [0.29, 0.717) is 45.9 Å². The fourth-order valence-corrected chi connectivity index (χ4v) is 4.20. The molecule has 33 heavy (non-hydrogen) atoms. The first-order valence-electron chi connectivity index (χ1n) is 10.8. The van der Waals surface area contributed by atoms with Crippen LogP contribution in [0.2, 0.25) is 10.0 Å². The summed E-state index contributed by atoms with van der Waals surface area (Å²) < 4.78 is 11.7. The Bertz CT molecular complexity index is 1120. The number of nitrogens with two attached hydrogens (primary N) is 1. The van der Waals surface area contributed by atoms with E-state index in [1.165, 1.54) is 0 Å². The Hall–Kier alpha value is -2.80. The molecule has 1 aliphatic rings. The summed E-state index contributed by atoms with van der Waals surface area (Å²) in [6.45, 7) is 5.02. The highest BCUT2D eigenvalue weighted by Gasteiger charge is 2.33. The van der Waals surface area contributed by atoms with Crippen LogP contribution in [0.25, 0.3) is 11.3 Å². The van der Waals surface area contributed by atoms with E-state index in [2.05, 4.69) is 17.1 Å². The van der Waals surface area contributed by atoms with Gasteiger partial charge < -0.3 is 20.3 Å². The highest BCUT2D eigenvalue weighted by atomic mass is 35.5. The average Bonchev–Trinajstić information content (AvgIpc) is 3.57. The number of hydrogen-bond acceptors (Lipinski definition) is 5. The molecule has 172 valence electrons. The Balaban J connectivity index is 1.38. The van der Waals surface area contributed by atoms with Crippen molar-refractivity contribution in [2.24, 2.45) is 5.73 Å². The lowest BCUT2D eigenvalue weighted by atomic mass is 10.1. The lowest BCUT2D eigenvalue weighted by Gasteiger charge is -2.15. The van der Waals surface area contributed by atoms with Crippen molar-refractivity contribution in [2.75, 3.05) is 18.5 Å². The summed E-state index contributed by atoms with van der Waals surface area (Å²) in [4.78, 5) is 11.3. The van der Waals surface area contributed by atoms with E-state index in [1.54, 1.807) is 36.4 Å². The lowest BCUT2D eigenvalue weighted by Crippen LogP contribution is -2.11. The number of hydrogen-bond donors (Lipinski definition) is 2. The third-order valence-electron chi connectivity index (χ3n) is 5.52. The quantitative estimate of drug-likeness (QED) is 0.243. The molecule has 1 atom stereocenters. The summed E-state index contributed by atoms with van der Waals surface area (Å²) >= 11 is 12.8. The molecule has 1 fully saturated rings. The van der Waals surface area contributed by atoms with Gasteiger partial charge in [0.2, 0.25) is 5.91 Å². The highest BCUT2D eigenvalue weighted by Crippen LogP contribution is 2.48. The number of nitrogens with one attached hydrogen (secondary N) is 1. The summed E-state index contributed by atoms with van der Waals surface area (Å²) in [5.74, 6) is 0.764. The van der Waals surface area contributed by atoms with Gasteiger partial charge in [0.15, 0.2) is 5.76 Å². The van der Waals surface area contributed by atoms with Gasteiger partial charge in [0, 0.05) is 30.2 Å². The molecule has 1 saturated carbocycles. The summed E-state index contributed by atoms with van der Waals surface area (Å²) in [7, 11) is 0. The first-order chi connectivity index (χ1) is 16.0. The second-order valence-electron chi connectivity index (χ2n) is 7.94. The van der Waals surface area contributed by atoms with Crippen molar-refractivity contribution in [1.29, 1.82) is 0 Å². The fraction of sp³-hybridized carbons (Fsp3) is 0.280. The number of nitrogens with zero attached hydrogens (tertiary/aromatic N) is 1. The number of aromatic nitrogens is 1. The average molecular weight is 486 g/mol. The molecule has 0 spiro atoms. The van der Waals surface area contributed by atoms with Crippen molar-refractivity contribution < 1.29 is 14.1 Å². The van der Waals surface area contributed by atoms with E-state index < -0.39 is 5.91 Å². The van der Waals surface area contributed by atoms with Crippen LogP contribution in [0.15, 0.2) is 59.6 Å². The molecular weight excluding hydrogens is 461 g/mol. The van der Waals surface area contributed by atoms with E-state index >= 15 is 0 Å². The summed E-state index contributed by atoms with van der Waals surface area (Å²) in [6, 6.07) is 12.4. The van der Waals surface area contributed by atoms with Gasteiger partial charge in [0.1, 0.15) is 17.5 Å². The number of carbonyl (C=O) groups excluding carboxylic acids is 1. The first-order valence-corrected chi connectivity index (χ1v) is 11.6. The van der Waals surface area contributed by atoms with Crippen LogP contribution in [0.4, 0.5) is 5.69 Å². The maximum atomic E-state index is 11.3. The van der Waals surface area contributed by atoms with Crippen molar-refractivity contribution in [3.63, 3.8) is 0 Å². The topological polar surface area (TPSA) is 90.4 Å². The smallest absolute Gasteiger partial charge is 0.248 e. The predicted molar refractivity (Wildman–Crippen MR) is 131 cm³/mol. The van der Waals surface area contributed by atoms with Crippen LogP contribution in [0.1, 0.15) is 53.0 Å². The van der Waals surface area contributed by atoms with Crippen LogP contribution in [-0.4, -0.2) is 24.2 Å². The largest absolute Gasteiger partial charge is 0.380 e. The Morgan fingerprint density at radius 3 is 2.55 bits per heavy atom. The van der Waals surface area contributed by atoms with Crippen LogP contribution >= 0.6 is 23.2 Å². The van der Waals surface area contributed by atoms with Crippen molar-refractivity contribution in [2.45, 2.75) is 31.3 Å². The molecule has 4 rings (SSSR count). The zero-order valence-corrected chi connectivity index (χ0v) is 19.5. The third kappa shape index (κ3) is 5.41. The molecule has 2 aromatic carbocycles. The molecule has 1 aliphatic carbocycles. The minimum Gasteiger partial charge on any atom is -0.380 e. The molecule has 8 heteroatoms. The van der Waals surface area contributed by atoms with E-state index in [9.17, 15) is 4.79 Å². The van der Waals surface area contributed by atoms with Gasteiger partial charge in [-0.15, -0.1) is 6.58 Å². The van der Waals surface area contributed by atoms with Gasteiger partial charge in [-0.3, -0.25) is 4.79 Å². The minimum atomic E-state index is -0.458. The Morgan fingerprint density at radius 1 is 1.24 bits per heavy atom. The summed E-state index contributed by atoms with van der Waals surface area (Å²) in [5.41, 5.74) is 8.81. The fourth-order valence-electron chi connectivity index (χ4n) is 3.63. The van der Waals surface area contributed by atoms with E-state index in [1.807, 2.05) is 12.1 Å². The maximum absolute atomic E-state index is 11.3. The number of rotatable bonds is 11. The van der Waals surface area contributed by atoms with E-state index in [0.717, 1.165) is 36.3 Å². The van der Waals surface area contributed by atoms with Crippen LogP contribution in [-0.2, 0) is 4.74 Å². The summed E-state index contributed by atoms with van der Waals surface area (Å²) in [6.07, 6.45) is 4.36. The molecule has 0 radical (unpaired) electrons.